The molecule has 0 spiro atoms. The van der Waals surface area contributed by atoms with Crippen LogP contribution in [-0.2, 0) is 34.0 Å². The summed E-state index contributed by atoms with van der Waals surface area (Å²) in [7, 11) is 3.17. The van der Waals surface area contributed by atoms with Crippen LogP contribution < -0.4 is 36.5 Å². The number of rotatable bonds is 10. The molecular formula is C28H37ClF3N9O7. The number of carbonyl (C=O) groups excluding carboxylic acids is 4. The fraction of sp³-hybridized carbons (Fsp3) is 0.464. The summed E-state index contributed by atoms with van der Waals surface area (Å²) in [4.78, 5) is 56.2. The molecule has 1 aromatic carbocycles. The second-order valence-corrected chi connectivity index (χ2v) is 11.3. The van der Waals surface area contributed by atoms with Crippen molar-refractivity contribution in [1.29, 1.82) is 0 Å². The highest BCUT2D eigenvalue weighted by Gasteiger charge is 2.29. The number of nitrogens with one attached hydrogen (secondary N) is 2. The zero-order valence-electron chi connectivity index (χ0n) is 27.0. The number of likely N-dealkylation sites (N-methyl/N-ethyl adjacent to an activating group) is 1. The molecule has 0 aliphatic heterocycles. The van der Waals surface area contributed by atoms with Crippen molar-refractivity contribution >= 4 is 58.1 Å². The number of carbonyl (C=O) groups is 4. The van der Waals surface area contributed by atoms with E-state index in [0.29, 0.717) is 18.1 Å². The van der Waals surface area contributed by atoms with Gasteiger partial charge in [0.1, 0.15) is 23.9 Å². The van der Waals surface area contributed by atoms with Crippen molar-refractivity contribution in [1.82, 2.24) is 30.1 Å². The SMILES string of the molecule is CCn1c(CNC(=O)c2nc(Cl)c(N)nc2N)[n+](CC(=O)NCCN(C)C(=O)OC(C)(C)C)c2ccc(OC)cc21.O=C([O-])C(F)(F)F. The van der Waals surface area contributed by atoms with Gasteiger partial charge in [-0.3, -0.25) is 9.59 Å². The zero-order valence-corrected chi connectivity index (χ0v) is 27.8. The first-order chi connectivity index (χ1) is 22.2. The van der Waals surface area contributed by atoms with E-state index < -0.39 is 29.7 Å². The lowest BCUT2D eigenvalue weighted by atomic mass is 10.2. The number of nitrogen functional groups attached to an aromatic ring is 2. The molecule has 0 saturated heterocycles. The Morgan fingerprint density at radius 1 is 1.10 bits per heavy atom. The smallest absolute Gasteiger partial charge is 0.430 e. The number of aryl methyl sites for hydroxylation is 1. The molecule has 0 aliphatic rings. The van der Waals surface area contributed by atoms with E-state index in [-0.39, 0.29) is 54.6 Å². The number of anilines is 2. The topological polar surface area (TPSA) is 224 Å². The fourth-order valence-electron chi connectivity index (χ4n) is 4.06. The number of carboxylic acids is 1. The first kappa shape index (κ1) is 39.1. The van der Waals surface area contributed by atoms with Gasteiger partial charge in [-0.05, 0) is 39.8 Å². The van der Waals surface area contributed by atoms with Gasteiger partial charge in [-0.1, -0.05) is 11.6 Å². The van der Waals surface area contributed by atoms with Crippen molar-refractivity contribution in [2.24, 2.45) is 0 Å². The number of benzene rings is 1. The van der Waals surface area contributed by atoms with E-state index in [1.54, 1.807) is 45.6 Å². The molecule has 0 bridgehead atoms. The van der Waals surface area contributed by atoms with Crippen LogP contribution in [0.4, 0.5) is 29.6 Å². The third-order valence-corrected chi connectivity index (χ3v) is 6.52. The normalized spacial score (nSPS) is 11.3. The molecule has 20 heteroatoms. The fourth-order valence-corrected chi connectivity index (χ4v) is 4.19. The standard InChI is InChI=1S/C26H36ClN9O5.C2HF3O2/c1-7-35-17-12-15(40-6)8-9-16(17)36(14-18(37)30-10-11-34(5)25(39)41-26(2,3)4)19(35)13-31-24(38)20-22(28)33-23(29)21(27)32-20;3-2(4,5)1(6)7/h8-9,12H,7,10-11,13-14H2,1-6H3,(H5-,28,29,30,31,33,37,38);(H,6,7). The van der Waals surface area contributed by atoms with Crippen molar-refractivity contribution in [2.45, 2.75) is 59.1 Å². The molecule has 3 amide bonds. The molecule has 2 heterocycles. The number of hydrogen-bond donors (Lipinski definition) is 4. The summed E-state index contributed by atoms with van der Waals surface area (Å²) in [5, 5.41) is 14.3. The molecule has 6 N–H and O–H groups in total. The largest absolute Gasteiger partial charge is 0.542 e. The number of hydrogen-bond acceptors (Lipinski definition) is 11. The van der Waals surface area contributed by atoms with Crippen LogP contribution in [-0.4, -0.2) is 82.3 Å². The Bertz CT molecular complexity index is 1660. The Balaban J connectivity index is 0.00000103. The number of alkyl halides is 3. The molecule has 0 radical (unpaired) electrons. The van der Waals surface area contributed by atoms with Gasteiger partial charge in [-0.2, -0.15) is 13.2 Å². The van der Waals surface area contributed by atoms with Gasteiger partial charge in [0.05, 0.1) is 13.7 Å². The first-order valence-electron chi connectivity index (χ1n) is 14.1. The van der Waals surface area contributed by atoms with E-state index in [0.717, 1.165) is 11.0 Å². The van der Waals surface area contributed by atoms with Crippen molar-refractivity contribution in [3.05, 3.63) is 34.9 Å². The molecule has 0 saturated carbocycles. The van der Waals surface area contributed by atoms with Gasteiger partial charge in [0.25, 0.3) is 17.6 Å². The maximum Gasteiger partial charge on any atom is 0.430 e. The van der Waals surface area contributed by atoms with Crippen LogP contribution in [0.3, 0.4) is 0 Å². The minimum Gasteiger partial charge on any atom is -0.542 e. The summed E-state index contributed by atoms with van der Waals surface area (Å²) in [5.41, 5.74) is 12.2. The van der Waals surface area contributed by atoms with Crippen molar-refractivity contribution in [2.75, 3.05) is 38.7 Å². The lowest BCUT2D eigenvalue weighted by Gasteiger charge is -2.24. The van der Waals surface area contributed by atoms with Gasteiger partial charge < -0.3 is 46.4 Å². The van der Waals surface area contributed by atoms with E-state index in [1.807, 2.05) is 23.6 Å². The summed E-state index contributed by atoms with van der Waals surface area (Å²) in [6, 6.07) is 5.50. The molecule has 3 aromatic rings. The van der Waals surface area contributed by atoms with Gasteiger partial charge in [0, 0.05) is 26.2 Å². The zero-order chi connectivity index (χ0) is 36.6. The van der Waals surface area contributed by atoms with E-state index in [9.17, 15) is 27.6 Å². The second-order valence-electron chi connectivity index (χ2n) is 11.0. The Morgan fingerprint density at radius 2 is 1.73 bits per heavy atom. The van der Waals surface area contributed by atoms with Crippen LogP contribution in [0.2, 0.25) is 5.15 Å². The van der Waals surface area contributed by atoms with Crippen LogP contribution in [0.25, 0.3) is 11.0 Å². The molecule has 48 heavy (non-hydrogen) atoms. The lowest BCUT2D eigenvalue weighted by molar-refractivity contribution is -0.667. The molecule has 2 aromatic heterocycles. The van der Waals surface area contributed by atoms with E-state index in [1.165, 1.54) is 4.90 Å². The highest BCUT2D eigenvalue weighted by atomic mass is 35.5. The first-order valence-corrected chi connectivity index (χ1v) is 14.5. The number of aromatic nitrogens is 4. The molecule has 0 atom stereocenters. The Morgan fingerprint density at radius 3 is 2.27 bits per heavy atom. The predicted octanol–water partition coefficient (Wildman–Crippen LogP) is 0.777. The predicted molar refractivity (Wildman–Crippen MR) is 164 cm³/mol. The highest BCUT2D eigenvalue weighted by molar-refractivity contribution is 6.31. The number of nitrogens with two attached hydrogens (primary N) is 2. The molecule has 0 aliphatic carbocycles. The maximum absolute atomic E-state index is 13.0. The van der Waals surface area contributed by atoms with Crippen molar-refractivity contribution in [3.8, 4) is 5.75 Å². The quantitative estimate of drug-likeness (QED) is 0.216. The number of halogens is 4. The highest BCUT2D eigenvalue weighted by Crippen LogP contribution is 2.22. The third kappa shape index (κ3) is 10.7. The van der Waals surface area contributed by atoms with Crippen LogP contribution in [0.5, 0.6) is 5.75 Å². The van der Waals surface area contributed by atoms with E-state index in [2.05, 4.69) is 20.6 Å². The number of aliphatic carboxylic acids is 1. The Labute approximate surface area is 278 Å². The molecule has 0 fully saturated rings. The lowest BCUT2D eigenvalue weighted by Crippen LogP contribution is -2.48. The van der Waals surface area contributed by atoms with Crippen LogP contribution in [0.15, 0.2) is 18.2 Å². The Kier molecular flexibility index (Phi) is 13.2. The summed E-state index contributed by atoms with van der Waals surface area (Å²) in [6.07, 6.45) is -5.67. The number of imidazole rings is 1. The minimum atomic E-state index is -5.19. The summed E-state index contributed by atoms with van der Waals surface area (Å²) < 4.78 is 46.1. The van der Waals surface area contributed by atoms with E-state index >= 15 is 0 Å². The van der Waals surface area contributed by atoms with Crippen molar-refractivity contribution < 1.29 is 51.5 Å². The Hall–Kier alpha value is -5.07. The van der Waals surface area contributed by atoms with Gasteiger partial charge in [-0.25, -0.2) is 23.9 Å². The minimum absolute atomic E-state index is 0.0292. The van der Waals surface area contributed by atoms with Crippen molar-refractivity contribution in [3.63, 3.8) is 0 Å². The molecule has 0 unspecified atom stereocenters. The van der Waals surface area contributed by atoms with Gasteiger partial charge in [-0.15, -0.1) is 0 Å². The van der Waals surface area contributed by atoms with Crippen LogP contribution >= 0.6 is 11.6 Å². The van der Waals surface area contributed by atoms with Gasteiger partial charge in [0.2, 0.25) is 0 Å². The molecular weight excluding hydrogens is 667 g/mol. The summed E-state index contributed by atoms with van der Waals surface area (Å²) in [5.74, 6) is -2.86. The summed E-state index contributed by atoms with van der Waals surface area (Å²) >= 11 is 5.94. The van der Waals surface area contributed by atoms with E-state index in [4.69, 9.17) is 42.4 Å². The number of ether oxygens (including phenoxy) is 2. The number of amides is 3. The van der Waals surface area contributed by atoms with Crippen LogP contribution in [0, 0.1) is 0 Å². The molecule has 264 valence electrons. The number of carboxylic acid groups (broad SMARTS) is 1. The van der Waals surface area contributed by atoms with Gasteiger partial charge >= 0.3 is 12.3 Å². The van der Waals surface area contributed by atoms with Gasteiger partial charge in [0.15, 0.2) is 40.1 Å². The summed E-state index contributed by atoms with van der Waals surface area (Å²) in [6.45, 7) is 8.30. The maximum atomic E-state index is 13.0. The number of nitrogens with zero attached hydrogens (tertiary/aromatic N) is 5. The average Bonchev–Trinajstić information content (AvgIpc) is 3.27. The molecule has 16 nitrogen and oxygen atoms in total. The van der Waals surface area contributed by atoms with Crippen LogP contribution in [0.1, 0.15) is 44.0 Å². The monoisotopic (exact) mass is 703 g/mol. The molecule has 3 rings (SSSR count). The third-order valence-electron chi connectivity index (χ3n) is 6.24. The second kappa shape index (κ2) is 16.2. The number of methoxy groups -OCH3 is 1. The average molecular weight is 704 g/mol. The number of fused-ring (bicyclic) bond motifs is 1.